The molecule has 516 valence electrons. The first kappa shape index (κ1) is 65.3. The monoisotopic (exact) mass is 1260 g/mol. The molecule has 92 heavy (non-hydrogen) atoms. The maximum Gasteiger partial charge on any atom is 0.156 e. The highest BCUT2D eigenvalue weighted by molar-refractivity contribution is 6.67. The van der Waals surface area contributed by atoms with Gasteiger partial charge in [-0.3, -0.25) is 19.6 Å². The molecule has 0 aromatic carbocycles. The summed E-state index contributed by atoms with van der Waals surface area (Å²) in [5.74, 6) is 17.3. The van der Waals surface area contributed by atoms with Gasteiger partial charge in [0.15, 0.2) is 13.4 Å². The van der Waals surface area contributed by atoms with Crippen LogP contribution in [-0.2, 0) is 0 Å². The lowest BCUT2D eigenvalue weighted by atomic mass is 9.13. The summed E-state index contributed by atoms with van der Waals surface area (Å²) in [4.78, 5) is 14.6. The van der Waals surface area contributed by atoms with Gasteiger partial charge in [-0.05, 0) is 275 Å². The number of rotatable bonds is 5. The fourth-order valence-corrected chi connectivity index (χ4v) is 32.2. The van der Waals surface area contributed by atoms with Gasteiger partial charge in [-0.1, -0.05) is 192 Å². The molecule has 26 atom stereocenters. The molecule has 4 nitrogen and oxygen atoms in total. The molecular formula is C86H146B2N4. The average Bonchev–Trinajstić information content (AvgIpc) is 0.688. The van der Waals surface area contributed by atoms with Crippen LogP contribution in [0.3, 0.4) is 0 Å². The standard InChI is InChI=1S/C86H146B2N4/c1-83(2,3)57-41-54-37-38-55-42-58(84(4,5)6)46-66-65(44-56(43-57)79(54)80(55)66)53-39-40-72-68(45-53)88-70-51-69-73(52-74(70)92(64-33-23-16-24-34-64)78-50-60(86(10,11)12)48-76(82(78)88)90(72)62-29-19-14-20-30-62)91(63-31-21-15-22-32-63)77-49-59(85(7,8)9)47-75-81(77)87(69)67-35-25-26-36-71(67)89(75)61-27-17-13-18-28-61/h53-82H,13-52H2,1-12H3/t53?,54?,55-,56?,57?,58?,59-,60?,65?,66?,67?,68?,69-,70+,71?,72?,73?,74?,75?,76?,77?,78?,79+,80?,81?,82?/m1/s1. The first-order chi connectivity index (χ1) is 44.2. The van der Waals surface area contributed by atoms with Crippen molar-refractivity contribution in [3.63, 3.8) is 0 Å². The van der Waals surface area contributed by atoms with Crippen LogP contribution < -0.4 is 0 Å². The van der Waals surface area contributed by atoms with Crippen LogP contribution in [0.25, 0.3) is 0 Å². The Morgan fingerprint density at radius 3 is 1.03 bits per heavy atom. The van der Waals surface area contributed by atoms with Crippen molar-refractivity contribution in [3.8, 4) is 0 Å². The summed E-state index contributed by atoms with van der Waals surface area (Å²) in [6.07, 6.45) is 61.7. The average molecular weight is 1260 g/mol. The van der Waals surface area contributed by atoms with Gasteiger partial charge in [-0.25, -0.2) is 0 Å². The zero-order chi connectivity index (χ0) is 63.1. The third-order valence-electron chi connectivity index (χ3n) is 35.9. The largest absolute Gasteiger partial charge is 0.295 e. The fourth-order valence-electron chi connectivity index (χ4n) is 32.2. The van der Waals surface area contributed by atoms with E-state index in [1.165, 1.54) is 161 Å². The van der Waals surface area contributed by atoms with Crippen LogP contribution in [0.4, 0.5) is 0 Å². The topological polar surface area (TPSA) is 13.0 Å². The Balaban J connectivity index is 0.816. The molecule has 0 aromatic heterocycles. The van der Waals surface area contributed by atoms with Gasteiger partial charge in [0, 0.05) is 72.5 Å². The second kappa shape index (κ2) is 24.9. The Labute approximate surface area is 569 Å². The van der Waals surface area contributed by atoms with Crippen molar-refractivity contribution >= 4 is 13.4 Å². The molecule has 0 N–H and O–H groups in total. The summed E-state index contributed by atoms with van der Waals surface area (Å²) in [5, 5.41) is 0. The van der Waals surface area contributed by atoms with Crippen molar-refractivity contribution in [2.75, 3.05) is 0 Å². The minimum atomic E-state index is 0.366. The van der Waals surface area contributed by atoms with E-state index in [-0.39, 0.29) is 0 Å². The Hall–Kier alpha value is -0.0301. The lowest BCUT2D eigenvalue weighted by Crippen LogP contribution is -2.78. The van der Waals surface area contributed by atoms with Crippen LogP contribution in [0.1, 0.15) is 340 Å². The molecule has 13 saturated carbocycles. The Morgan fingerprint density at radius 1 is 0.228 bits per heavy atom. The minimum absolute atomic E-state index is 0.366. The summed E-state index contributed by atoms with van der Waals surface area (Å²) in [6.45, 7) is 34.5. The summed E-state index contributed by atoms with van der Waals surface area (Å²) in [7, 11) is 0. The summed E-state index contributed by atoms with van der Waals surface area (Å²) >= 11 is 0. The Bertz CT molecular complexity index is 2530. The maximum atomic E-state index is 3.71. The number of hydrogen-bond acceptors (Lipinski definition) is 4. The third-order valence-corrected chi connectivity index (χ3v) is 35.9. The molecule has 17 rings (SSSR count). The number of fused-ring (bicyclic) bond motifs is 8. The molecule has 17 fully saturated rings. The van der Waals surface area contributed by atoms with Crippen LogP contribution in [-0.4, -0.2) is 106 Å². The first-order valence-corrected chi connectivity index (χ1v) is 43.3. The molecule has 4 heterocycles. The highest BCUT2D eigenvalue weighted by Crippen LogP contribution is 2.73. The van der Waals surface area contributed by atoms with E-state index in [0.717, 1.165) is 192 Å². The highest BCUT2D eigenvalue weighted by atomic mass is 15.3. The number of nitrogens with zero attached hydrogens (tertiary/aromatic N) is 4. The predicted octanol–water partition coefficient (Wildman–Crippen LogP) is 22.2. The zero-order valence-corrected chi connectivity index (χ0v) is 62.5. The van der Waals surface area contributed by atoms with Gasteiger partial charge in [0.05, 0.1) is 0 Å². The van der Waals surface area contributed by atoms with Gasteiger partial charge in [-0.15, -0.1) is 0 Å². The Morgan fingerprint density at radius 2 is 0.576 bits per heavy atom. The smallest absolute Gasteiger partial charge is 0.156 e. The molecule has 0 radical (unpaired) electrons. The minimum Gasteiger partial charge on any atom is -0.295 e. The molecular weight excluding hydrogens is 1110 g/mol. The molecule has 21 unspecified atom stereocenters. The first-order valence-electron chi connectivity index (χ1n) is 43.3. The fraction of sp³-hybridized carbons (Fsp3) is 1.00. The molecule has 0 spiro atoms. The van der Waals surface area contributed by atoms with E-state index in [4.69, 9.17) is 0 Å². The second-order valence-electron chi connectivity index (χ2n) is 43.5. The van der Waals surface area contributed by atoms with Gasteiger partial charge in [-0.2, -0.15) is 0 Å². The summed E-state index contributed by atoms with van der Waals surface area (Å²) < 4.78 is 0. The van der Waals surface area contributed by atoms with E-state index < -0.39 is 0 Å². The van der Waals surface area contributed by atoms with Gasteiger partial charge in [0.1, 0.15) is 0 Å². The lowest BCUT2D eigenvalue weighted by Gasteiger charge is -2.74. The van der Waals surface area contributed by atoms with Crippen LogP contribution in [0.5, 0.6) is 0 Å². The van der Waals surface area contributed by atoms with Gasteiger partial charge in [0.25, 0.3) is 0 Å². The van der Waals surface area contributed by atoms with Crippen molar-refractivity contribution in [1.82, 2.24) is 19.6 Å². The SMILES string of the molecule is CC(C)(C)C1CC2CC[C@@H]3CC(C(C)(C)C)CC4C(C5CCC6C(C5)B5C7C(CC(C(C)(C)C)CC7N(C7CCCCC7)C7CC8[C@@H](C[C@H]57)B5C7CCCCC7N(C7CCCCC7)C7C[C@@H](C(C)(C)C)CC(C57)N8C5CCCCC5)N6C5CCCCC5)CC(C1)[C@H]2C43. The van der Waals surface area contributed by atoms with E-state index >= 15 is 0 Å². The van der Waals surface area contributed by atoms with Crippen molar-refractivity contribution in [3.05, 3.63) is 0 Å². The van der Waals surface area contributed by atoms with Crippen molar-refractivity contribution in [2.45, 2.75) is 447 Å². The van der Waals surface area contributed by atoms with Crippen molar-refractivity contribution in [1.29, 1.82) is 0 Å². The molecule has 6 heteroatoms. The van der Waals surface area contributed by atoms with Crippen LogP contribution >= 0.6 is 0 Å². The lowest BCUT2D eigenvalue weighted by molar-refractivity contribution is -0.153. The molecule has 4 saturated heterocycles. The van der Waals surface area contributed by atoms with Gasteiger partial charge in [0.2, 0.25) is 0 Å². The predicted molar refractivity (Wildman–Crippen MR) is 391 cm³/mol. The molecule has 0 bridgehead atoms. The number of hydrogen-bond donors (Lipinski definition) is 0. The third kappa shape index (κ3) is 11.1. The second-order valence-corrected chi connectivity index (χ2v) is 43.5. The van der Waals surface area contributed by atoms with E-state index in [2.05, 4.69) is 103 Å². The molecule has 0 amide bonds. The zero-order valence-electron chi connectivity index (χ0n) is 62.5. The van der Waals surface area contributed by atoms with Gasteiger partial charge >= 0.3 is 0 Å². The van der Waals surface area contributed by atoms with E-state index in [9.17, 15) is 0 Å². The maximum absolute atomic E-state index is 3.71. The Kier molecular flexibility index (Phi) is 17.7. The van der Waals surface area contributed by atoms with E-state index in [1.54, 1.807) is 96.3 Å². The highest BCUT2D eigenvalue weighted by Gasteiger charge is 2.72. The molecule has 4 aliphatic heterocycles. The van der Waals surface area contributed by atoms with E-state index in [1.807, 2.05) is 0 Å². The van der Waals surface area contributed by atoms with Crippen LogP contribution in [0, 0.1) is 92.7 Å². The van der Waals surface area contributed by atoms with E-state index in [0.29, 0.717) is 21.7 Å². The molecule has 0 aromatic rings. The van der Waals surface area contributed by atoms with Crippen LogP contribution in [0.2, 0.25) is 34.9 Å². The summed E-state index contributed by atoms with van der Waals surface area (Å²) in [5.41, 5.74) is 1.63. The molecule has 13 aliphatic carbocycles. The van der Waals surface area contributed by atoms with Crippen molar-refractivity contribution in [2.24, 2.45) is 92.7 Å². The van der Waals surface area contributed by atoms with Crippen molar-refractivity contribution < 1.29 is 0 Å². The van der Waals surface area contributed by atoms with Crippen LogP contribution in [0.15, 0.2) is 0 Å². The van der Waals surface area contributed by atoms with Gasteiger partial charge < -0.3 is 0 Å². The quantitative estimate of drug-likeness (QED) is 0.254. The summed E-state index contributed by atoms with van der Waals surface area (Å²) in [6, 6.07) is 10.0. The normalized spacial score (nSPS) is 48.9. The molecule has 17 aliphatic rings.